The first-order chi connectivity index (χ1) is 15.3. The maximum atomic E-state index is 12.3. The Balaban J connectivity index is 1.32. The minimum absolute atomic E-state index is 0.0708. The van der Waals surface area contributed by atoms with E-state index in [4.69, 9.17) is 4.42 Å². The third-order valence-electron chi connectivity index (χ3n) is 5.08. The van der Waals surface area contributed by atoms with E-state index in [2.05, 4.69) is 31.9 Å². The monoisotopic (exact) mass is 431 g/mol. The lowest BCUT2D eigenvalue weighted by molar-refractivity contribution is 0.569. The zero-order valence-electron chi connectivity index (χ0n) is 16.8. The zero-order valence-corrected chi connectivity index (χ0v) is 17.6. The van der Waals surface area contributed by atoms with Crippen LogP contribution in [0.2, 0.25) is 0 Å². The van der Waals surface area contributed by atoms with E-state index in [1.807, 2.05) is 54.6 Å². The molecule has 8 heteroatoms. The number of hydrogen-bond acceptors (Lipinski definition) is 5. The van der Waals surface area contributed by atoms with Gasteiger partial charge in [0.05, 0.1) is 23.8 Å². The van der Waals surface area contributed by atoms with Gasteiger partial charge in [-0.3, -0.25) is 9.13 Å². The van der Waals surface area contributed by atoms with Crippen molar-refractivity contribution in [1.29, 1.82) is 0 Å². The van der Waals surface area contributed by atoms with E-state index >= 15 is 0 Å². The lowest BCUT2D eigenvalue weighted by Gasteiger charge is -2.09. The fourth-order valence-electron chi connectivity index (χ4n) is 3.61. The van der Waals surface area contributed by atoms with E-state index in [1.54, 1.807) is 22.6 Å². The number of para-hydroxylation sites is 2. The Hall–Kier alpha value is -3.52. The van der Waals surface area contributed by atoms with Crippen molar-refractivity contribution in [3.05, 3.63) is 89.0 Å². The second kappa shape index (κ2) is 8.69. The number of aromatic amines is 1. The summed E-state index contributed by atoms with van der Waals surface area (Å²) in [5, 5.41) is 9.62. The van der Waals surface area contributed by atoms with Crippen LogP contribution in [0.1, 0.15) is 12.0 Å². The Labute approximate surface area is 182 Å². The summed E-state index contributed by atoms with van der Waals surface area (Å²) in [5.41, 5.74) is 2.90. The molecule has 0 atom stereocenters. The number of nitrogens with one attached hydrogen (secondary N) is 1. The van der Waals surface area contributed by atoms with Gasteiger partial charge >= 0.3 is 5.69 Å². The maximum Gasteiger partial charge on any atom is 0.326 e. The van der Waals surface area contributed by atoms with Gasteiger partial charge in [0.15, 0.2) is 10.9 Å². The molecule has 0 amide bonds. The number of nitrogens with zero attached hydrogens (tertiary/aromatic N) is 4. The first kappa shape index (κ1) is 19.4. The molecule has 7 nitrogen and oxygen atoms in total. The normalized spacial score (nSPS) is 11.4. The fraction of sp³-hybridized carbons (Fsp3) is 0.174. The minimum atomic E-state index is -0.0708. The average Bonchev–Trinajstić information content (AvgIpc) is 3.52. The molecule has 0 aliphatic carbocycles. The molecule has 5 rings (SSSR count). The van der Waals surface area contributed by atoms with Gasteiger partial charge in [-0.05, 0) is 36.2 Å². The summed E-state index contributed by atoms with van der Waals surface area (Å²) in [4.78, 5) is 15.2. The Morgan fingerprint density at radius 3 is 2.61 bits per heavy atom. The molecule has 2 aromatic carbocycles. The van der Waals surface area contributed by atoms with Gasteiger partial charge in [0.2, 0.25) is 5.82 Å². The van der Waals surface area contributed by atoms with Crippen LogP contribution in [0, 0.1) is 0 Å². The van der Waals surface area contributed by atoms with Crippen LogP contribution in [0.3, 0.4) is 0 Å². The van der Waals surface area contributed by atoms with E-state index < -0.39 is 0 Å². The summed E-state index contributed by atoms with van der Waals surface area (Å²) in [5.74, 6) is 2.22. The van der Waals surface area contributed by atoms with Gasteiger partial charge in [-0.2, -0.15) is 0 Å². The molecule has 0 spiro atoms. The van der Waals surface area contributed by atoms with Crippen molar-refractivity contribution in [2.45, 2.75) is 24.7 Å². The third kappa shape index (κ3) is 4.06. The first-order valence-electron chi connectivity index (χ1n) is 10.1. The second-order valence-corrected chi connectivity index (χ2v) is 8.22. The summed E-state index contributed by atoms with van der Waals surface area (Å²) in [7, 11) is 0. The van der Waals surface area contributed by atoms with Crippen LogP contribution in [-0.4, -0.2) is 30.1 Å². The average molecular weight is 432 g/mol. The van der Waals surface area contributed by atoms with Gasteiger partial charge in [0, 0.05) is 12.3 Å². The Morgan fingerprint density at radius 2 is 1.77 bits per heavy atom. The van der Waals surface area contributed by atoms with Crippen molar-refractivity contribution < 1.29 is 4.42 Å². The molecular weight excluding hydrogens is 410 g/mol. The molecule has 0 bridgehead atoms. The lowest BCUT2D eigenvalue weighted by atomic mass is 10.2. The van der Waals surface area contributed by atoms with Gasteiger partial charge < -0.3 is 9.40 Å². The molecule has 0 saturated heterocycles. The third-order valence-corrected chi connectivity index (χ3v) is 6.13. The fourth-order valence-corrected chi connectivity index (χ4v) is 4.47. The molecule has 0 aliphatic heterocycles. The van der Waals surface area contributed by atoms with Gasteiger partial charge in [0.1, 0.15) is 0 Å². The highest BCUT2D eigenvalue weighted by Crippen LogP contribution is 2.26. The van der Waals surface area contributed by atoms with Crippen LogP contribution in [0.25, 0.3) is 22.6 Å². The van der Waals surface area contributed by atoms with Crippen LogP contribution in [0.15, 0.2) is 87.4 Å². The van der Waals surface area contributed by atoms with E-state index in [0.29, 0.717) is 24.7 Å². The van der Waals surface area contributed by atoms with Crippen LogP contribution < -0.4 is 5.69 Å². The summed E-state index contributed by atoms with van der Waals surface area (Å²) >= 11 is 1.64. The van der Waals surface area contributed by atoms with E-state index in [9.17, 15) is 4.79 Å². The van der Waals surface area contributed by atoms with Crippen LogP contribution in [0.5, 0.6) is 0 Å². The largest absolute Gasteiger partial charge is 0.461 e. The van der Waals surface area contributed by atoms with Crippen molar-refractivity contribution in [3.8, 4) is 11.6 Å². The smallest absolute Gasteiger partial charge is 0.326 e. The highest BCUT2D eigenvalue weighted by molar-refractivity contribution is 7.99. The summed E-state index contributed by atoms with van der Waals surface area (Å²) < 4.78 is 9.44. The van der Waals surface area contributed by atoms with E-state index in [1.165, 1.54) is 5.56 Å². The van der Waals surface area contributed by atoms with Crippen molar-refractivity contribution in [2.75, 3.05) is 5.75 Å². The number of imidazole rings is 1. The lowest BCUT2D eigenvalue weighted by Crippen LogP contribution is -2.17. The molecule has 0 saturated carbocycles. The summed E-state index contributed by atoms with van der Waals surface area (Å²) in [6.45, 7) is 1.31. The minimum Gasteiger partial charge on any atom is -0.461 e. The molecule has 0 fully saturated rings. The molecule has 156 valence electrons. The SMILES string of the molecule is O=c1[nH]c2ccccc2n1CCCSc1nnc(-c2ccco2)n1Cc1ccccc1. The van der Waals surface area contributed by atoms with Gasteiger partial charge in [-0.1, -0.05) is 54.2 Å². The topological polar surface area (TPSA) is 81.6 Å². The number of aryl methyl sites for hydroxylation is 1. The number of H-pyrrole nitrogens is 1. The van der Waals surface area contributed by atoms with Gasteiger partial charge in [0.25, 0.3) is 0 Å². The number of fused-ring (bicyclic) bond motifs is 1. The van der Waals surface area contributed by atoms with Crippen molar-refractivity contribution >= 4 is 22.8 Å². The second-order valence-electron chi connectivity index (χ2n) is 7.16. The van der Waals surface area contributed by atoms with Crippen molar-refractivity contribution in [3.63, 3.8) is 0 Å². The number of thioether (sulfide) groups is 1. The number of aromatic nitrogens is 5. The van der Waals surface area contributed by atoms with E-state index in [-0.39, 0.29) is 5.69 Å². The van der Waals surface area contributed by atoms with Crippen LogP contribution >= 0.6 is 11.8 Å². The molecule has 1 N–H and O–H groups in total. The zero-order chi connectivity index (χ0) is 21.0. The highest BCUT2D eigenvalue weighted by atomic mass is 32.2. The standard InChI is InChI=1S/C23H21N5O2S/c29-22-24-18-10-4-5-11-19(18)27(22)13-7-15-31-23-26-25-21(20-12-6-14-30-20)28(23)16-17-8-2-1-3-9-17/h1-6,8-12,14H,7,13,15-16H2,(H,24,29). The van der Waals surface area contributed by atoms with Crippen LogP contribution in [0.4, 0.5) is 0 Å². The molecule has 3 heterocycles. The van der Waals surface area contributed by atoms with E-state index in [0.717, 1.165) is 28.4 Å². The van der Waals surface area contributed by atoms with Gasteiger partial charge in [-0.15, -0.1) is 10.2 Å². The van der Waals surface area contributed by atoms with Crippen molar-refractivity contribution in [1.82, 2.24) is 24.3 Å². The molecule has 0 unspecified atom stereocenters. The highest BCUT2D eigenvalue weighted by Gasteiger charge is 2.17. The predicted molar refractivity (Wildman–Crippen MR) is 121 cm³/mol. The summed E-state index contributed by atoms with van der Waals surface area (Å²) in [6.07, 6.45) is 2.48. The number of hydrogen-bond donors (Lipinski definition) is 1. The summed E-state index contributed by atoms with van der Waals surface area (Å²) in [6, 6.07) is 21.7. The van der Waals surface area contributed by atoms with Crippen molar-refractivity contribution in [2.24, 2.45) is 0 Å². The molecule has 31 heavy (non-hydrogen) atoms. The molecular formula is C23H21N5O2S. The van der Waals surface area contributed by atoms with Gasteiger partial charge in [-0.25, -0.2) is 4.79 Å². The Kier molecular flexibility index (Phi) is 5.45. The maximum absolute atomic E-state index is 12.3. The number of benzene rings is 2. The molecule has 0 radical (unpaired) electrons. The number of furan rings is 1. The first-order valence-corrected chi connectivity index (χ1v) is 11.1. The molecule has 5 aromatic rings. The Bertz CT molecular complexity index is 1340. The van der Waals surface area contributed by atoms with Crippen LogP contribution in [-0.2, 0) is 13.1 Å². The predicted octanol–water partition coefficient (Wildman–Crippen LogP) is 4.41. The quantitative estimate of drug-likeness (QED) is 0.291. The molecule has 0 aliphatic rings. The number of rotatable bonds is 8. The molecule has 3 aromatic heterocycles. The Morgan fingerprint density at radius 1 is 0.935 bits per heavy atom.